The van der Waals surface area contributed by atoms with Crippen LogP contribution in [0.4, 0.5) is 5.13 Å². The number of aryl methyl sites for hydroxylation is 1. The van der Waals surface area contributed by atoms with Crippen molar-refractivity contribution in [2.24, 2.45) is 0 Å². The molecule has 2 aliphatic rings. The van der Waals surface area contributed by atoms with E-state index >= 15 is 0 Å². The van der Waals surface area contributed by atoms with Gasteiger partial charge in [0, 0.05) is 23.4 Å². The molecule has 0 amide bonds. The van der Waals surface area contributed by atoms with Crippen LogP contribution in [-0.2, 0) is 6.42 Å². The zero-order valence-electron chi connectivity index (χ0n) is 11.1. The summed E-state index contributed by atoms with van der Waals surface area (Å²) in [5, 5.41) is 1.09. The standard InChI is InChI=1S/C14H20N2OS/c1-3-10-8-7-9(2)16(10)14-15-13-11(17)5-4-6-12(13)18-14/h9-10H,3-8H2,1-2H3. The summed E-state index contributed by atoms with van der Waals surface area (Å²) in [5.74, 6) is 0.249. The van der Waals surface area contributed by atoms with Crippen molar-refractivity contribution in [3.63, 3.8) is 0 Å². The normalized spacial score (nSPS) is 27.7. The van der Waals surface area contributed by atoms with Crippen molar-refractivity contribution < 1.29 is 4.79 Å². The van der Waals surface area contributed by atoms with E-state index < -0.39 is 0 Å². The second-order valence-corrected chi connectivity index (χ2v) is 6.50. The van der Waals surface area contributed by atoms with Crippen molar-refractivity contribution in [1.29, 1.82) is 0 Å². The molecular weight excluding hydrogens is 244 g/mol. The number of ketones is 1. The summed E-state index contributed by atoms with van der Waals surface area (Å²) in [6.07, 6.45) is 6.40. The van der Waals surface area contributed by atoms with Crippen LogP contribution < -0.4 is 4.90 Å². The van der Waals surface area contributed by atoms with Gasteiger partial charge in [0.2, 0.25) is 0 Å². The Hall–Kier alpha value is -0.900. The van der Waals surface area contributed by atoms with E-state index in [9.17, 15) is 4.79 Å². The molecule has 3 nitrogen and oxygen atoms in total. The second kappa shape index (κ2) is 4.65. The smallest absolute Gasteiger partial charge is 0.186 e. The predicted molar refractivity (Wildman–Crippen MR) is 74.6 cm³/mol. The number of hydrogen-bond acceptors (Lipinski definition) is 4. The molecule has 0 saturated carbocycles. The Morgan fingerprint density at radius 1 is 1.39 bits per heavy atom. The van der Waals surface area contributed by atoms with Gasteiger partial charge in [-0.1, -0.05) is 6.92 Å². The third-order valence-corrected chi connectivity index (χ3v) is 5.36. The molecule has 1 aliphatic carbocycles. The third kappa shape index (κ3) is 1.87. The largest absolute Gasteiger partial charge is 0.342 e. The number of rotatable bonds is 2. The van der Waals surface area contributed by atoms with Gasteiger partial charge in [0.05, 0.1) is 0 Å². The number of anilines is 1. The maximum Gasteiger partial charge on any atom is 0.186 e. The molecular formula is C14H20N2OS. The Morgan fingerprint density at radius 3 is 2.94 bits per heavy atom. The van der Waals surface area contributed by atoms with Gasteiger partial charge in [0.25, 0.3) is 0 Å². The summed E-state index contributed by atoms with van der Waals surface area (Å²) in [7, 11) is 0. The maximum absolute atomic E-state index is 11.9. The van der Waals surface area contributed by atoms with Crippen molar-refractivity contribution in [3.8, 4) is 0 Å². The van der Waals surface area contributed by atoms with E-state index in [4.69, 9.17) is 0 Å². The van der Waals surface area contributed by atoms with Crippen LogP contribution in [0.15, 0.2) is 0 Å². The van der Waals surface area contributed by atoms with Gasteiger partial charge in [-0.2, -0.15) is 0 Å². The summed E-state index contributed by atoms with van der Waals surface area (Å²) < 4.78 is 0. The minimum absolute atomic E-state index is 0.249. The van der Waals surface area contributed by atoms with Crippen LogP contribution in [0.2, 0.25) is 0 Å². The lowest BCUT2D eigenvalue weighted by Crippen LogP contribution is -2.34. The minimum Gasteiger partial charge on any atom is -0.342 e. The first-order valence-corrected chi connectivity index (χ1v) is 7.83. The first-order chi connectivity index (χ1) is 8.70. The Balaban J connectivity index is 1.95. The molecule has 1 aromatic heterocycles. The Kier molecular flexibility index (Phi) is 3.14. The zero-order chi connectivity index (χ0) is 12.7. The monoisotopic (exact) mass is 264 g/mol. The number of nitrogens with zero attached hydrogens (tertiary/aromatic N) is 2. The number of fused-ring (bicyclic) bond motifs is 1. The quantitative estimate of drug-likeness (QED) is 0.820. The SMILES string of the molecule is CCC1CCC(C)N1c1nc2c(s1)CCCC2=O. The zero-order valence-corrected chi connectivity index (χ0v) is 11.9. The molecule has 1 saturated heterocycles. The molecule has 0 bridgehead atoms. The highest BCUT2D eigenvalue weighted by Crippen LogP contribution is 2.38. The molecule has 0 radical (unpaired) electrons. The highest BCUT2D eigenvalue weighted by atomic mass is 32.1. The van der Waals surface area contributed by atoms with Gasteiger partial charge in [-0.25, -0.2) is 4.98 Å². The second-order valence-electron chi connectivity index (χ2n) is 5.44. The highest BCUT2D eigenvalue weighted by Gasteiger charge is 2.33. The van der Waals surface area contributed by atoms with E-state index in [1.807, 2.05) is 0 Å². The Morgan fingerprint density at radius 2 is 2.22 bits per heavy atom. The number of carbonyl (C=O) groups excluding carboxylic acids is 1. The van der Waals surface area contributed by atoms with Gasteiger partial charge in [0.15, 0.2) is 10.9 Å². The molecule has 2 heterocycles. The molecule has 3 rings (SSSR count). The van der Waals surface area contributed by atoms with E-state index in [1.165, 1.54) is 24.1 Å². The summed E-state index contributed by atoms with van der Waals surface area (Å²) in [4.78, 5) is 20.2. The molecule has 98 valence electrons. The molecule has 2 unspecified atom stereocenters. The van der Waals surface area contributed by atoms with Gasteiger partial charge in [-0.3, -0.25) is 4.79 Å². The van der Waals surface area contributed by atoms with Crippen LogP contribution in [0, 0.1) is 0 Å². The topological polar surface area (TPSA) is 33.2 Å². The molecule has 1 aliphatic heterocycles. The molecule has 4 heteroatoms. The molecule has 18 heavy (non-hydrogen) atoms. The molecule has 2 atom stereocenters. The number of thiazole rings is 1. The van der Waals surface area contributed by atoms with Crippen molar-refractivity contribution >= 4 is 22.3 Å². The van der Waals surface area contributed by atoms with Crippen LogP contribution in [0.3, 0.4) is 0 Å². The Bertz CT molecular complexity index is 468. The van der Waals surface area contributed by atoms with Crippen LogP contribution >= 0.6 is 11.3 Å². The van der Waals surface area contributed by atoms with Gasteiger partial charge in [-0.05, 0) is 39.0 Å². The number of carbonyl (C=O) groups is 1. The molecule has 0 N–H and O–H groups in total. The molecule has 0 spiro atoms. The van der Waals surface area contributed by atoms with E-state index in [0.717, 1.165) is 23.7 Å². The molecule has 1 fully saturated rings. The van der Waals surface area contributed by atoms with E-state index in [2.05, 4.69) is 23.7 Å². The summed E-state index contributed by atoms with van der Waals surface area (Å²) in [5.41, 5.74) is 0.773. The molecule has 0 aromatic carbocycles. The minimum atomic E-state index is 0.249. The average molecular weight is 264 g/mol. The fourth-order valence-corrected chi connectivity index (χ4v) is 4.48. The van der Waals surface area contributed by atoms with Gasteiger partial charge in [-0.15, -0.1) is 11.3 Å². The van der Waals surface area contributed by atoms with Crippen LogP contribution in [0.25, 0.3) is 0 Å². The lowest BCUT2D eigenvalue weighted by Gasteiger charge is -2.27. The van der Waals surface area contributed by atoms with Crippen LogP contribution in [0.1, 0.15) is 61.3 Å². The van der Waals surface area contributed by atoms with Crippen molar-refractivity contribution in [2.45, 2.75) is 64.5 Å². The lowest BCUT2D eigenvalue weighted by molar-refractivity contribution is 0.0968. The van der Waals surface area contributed by atoms with Crippen molar-refractivity contribution in [3.05, 3.63) is 10.6 Å². The highest BCUT2D eigenvalue weighted by molar-refractivity contribution is 7.16. The van der Waals surface area contributed by atoms with Crippen LogP contribution in [0.5, 0.6) is 0 Å². The number of aromatic nitrogens is 1. The van der Waals surface area contributed by atoms with Gasteiger partial charge < -0.3 is 4.90 Å². The fourth-order valence-electron chi connectivity index (χ4n) is 3.18. The van der Waals surface area contributed by atoms with E-state index in [-0.39, 0.29) is 5.78 Å². The molecule has 1 aromatic rings. The van der Waals surface area contributed by atoms with E-state index in [0.29, 0.717) is 18.5 Å². The average Bonchev–Trinajstić information content (AvgIpc) is 2.92. The van der Waals surface area contributed by atoms with Gasteiger partial charge in [0.1, 0.15) is 5.69 Å². The van der Waals surface area contributed by atoms with Crippen molar-refractivity contribution in [2.75, 3.05) is 4.90 Å². The van der Waals surface area contributed by atoms with Crippen LogP contribution in [-0.4, -0.2) is 22.9 Å². The number of hydrogen-bond donors (Lipinski definition) is 0. The fraction of sp³-hybridized carbons (Fsp3) is 0.714. The predicted octanol–water partition coefficient (Wildman–Crippen LogP) is 3.43. The first kappa shape index (κ1) is 12.2. The van der Waals surface area contributed by atoms with E-state index in [1.54, 1.807) is 11.3 Å². The summed E-state index contributed by atoms with van der Waals surface area (Å²) in [6.45, 7) is 4.52. The lowest BCUT2D eigenvalue weighted by atomic mass is 10.0. The Labute approximate surface area is 112 Å². The maximum atomic E-state index is 11.9. The third-order valence-electron chi connectivity index (χ3n) is 4.24. The first-order valence-electron chi connectivity index (χ1n) is 7.02. The summed E-state index contributed by atoms with van der Waals surface area (Å²) >= 11 is 1.75. The van der Waals surface area contributed by atoms with Gasteiger partial charge >= 0.3 is 0 Å². The number of Topliss-reactive ketones (excluding diaryl/α,β-unsaturated/α-hetero) is 1. The van der Waals surface area contributed by atoms with Crippen molar-refractivity contribution in [1.82, 2.24) is 4.98 Å². The summed E-state index contributed by atoms with van der Waals surface area (Å²) in [6, 6.07) is 1.18.